The first-order valence-corrected chi connectivity index (χ1v) is 6.48. The molecule has 0 radical (unpaired) electrons. The molecule has 22 heavy (non-hydrogen) atoms. The van der Waals surface area contributed by atoms with Gasteiger partial charge in [-0.3, -0.25) is 24.3 Å². The molecule has 1 aromatic heterocycles. The lowest BCUT2D eigenvalue weighted by molar-refractivity contribution is -0.140. The van der Waals surface area contributed by atoms with Gasteiger partial charge in [-0.25, -0.2) is 4.98 Å². The lowest BCUT2D eigenvalue weighted by Gasteiger charge is -2.34. The lowest BCUT2D eigenvalue weighted by atomic mass is 9.90. The lowest BCUT2D eigenvalue weighted by Crippen LogP contribution is -2.56. The highest BCUT2D eigenvalue weighted by Gasteiger charge is 2.42. The number of nitrogens with one attached hydrogen (secondary N) is 1. The molecule has 1 aliphatic heterocycles. The van der Waals surface area contributed by atoms with Gasteiger partial charge in [0.1, 0.15) is 11.4 Å². The first-order valence-electron chi connectivity index (χ1n) is 9.48. The van der Waals surface area contributed by atoms with Crippen molar-refractivity contribution in [2.75, 3.05) is 5.73 Å². The van der Waals surface area contributed by atoms with Crippen LogP contribution in [0.5, 0.6) is 0 Å². The summed E-state index contributed by atoms with van der Waals surface area (Å²) in [6, 6.07) is -1.78. The number of piperidine rings is 1. The molecule has 0 spiro atoms. The zero-order valence-electron chi connectivity index (χ0n) is 17.6. The fraction of sp³-hybridized carbons (Fsp3) is 0.333. The van der Waals surface area contributed by atoms with Crippen LogP contribution in [0, 0.1) is 6.85 Å². The van der Waals surface area contributed by atoms with Crippen LogP contribution in [0.1, 0.15) is 33.8 Å². The predicted molar refractivity (Wildman–Crippen MR) is 81.2 cm³/mol. The Morgan fingerprint density at radius 3 is 2.91 bits per heavy atom. The number of benzene rings is 1. The van der Waals surface area contributed by atoms with Gasteiger partial charge in [-0.1, -0.05) is 6.04 Å². The van der Waals surface area contributed by atoms with Crippen molar-refractivity contribution in [3.8, 4) is 0 Å². The number of aryl methyl sites for hydroxylation is 1. The van der Waals surface area contributed by atoms with E-state index in [9.17, 15) is 14.4 Å². The molecule has 1 atom stereocenters. The van der Waals surface area contributed by atoms with Crippen molar-refractivity contribution in [2.24, 2.45) is 0 Å². The largest absolute Gasteiger partial charge is 0.398 e. The maximum Gasteiger partial charge on any atom is 0.264 e. The molecule has 0 saturated carbocycles. The monoisotopic (exact) mass is 306 g/mol. The maximum atomic E-state index is 13.3. The molecule has 1 fully saturated rings. The van der Waals surface area contributed by atoms with Crippen molar-refractivity contribution >= 4 is 28.4 Å². The Morgan fingerprint density at radius 1 is 1.45 bits per heavy atom. The number of hydrogen-bond donors (Lipinski definition) is 2. The molecule has 2 amide bonds. The molecular formula is C15H16N4O3. The summed E-state index contributed by atoms with van der Waals surface area (Å²) in [4.78, 5) is 41.2. The number of fused-ring (bicyclic) bond motifs is 1. The second kappa shape index (κ2) is 4.66. The van der Waals surface area contributed by atoms with Gasteiger partial charge in [0.15, 0.2) is 0 Å². The summed E-state index contributed by atoms with van der Waals surface area (Å²) in [7, 11) is 0. The summed E-state index contributed by atoms with van der Waals surface area (Å²) in [5.41, 5.74) is 2.17. The number of hydrogen-bond acceptors (Lipinski definition) is 5. The number of nitrogens with zero attached hydrogens (tertiary/aromatic N) is 2. The van der Waals surface area contributed by atoms with Crippen molar-refractivity contribution in [3.05, 3.63) is 34.3 Å². The molecule has 2 heterocycles. The average molecular weight is 306 g/mol. The van der Waals surface area contributed by atoms with E-state index in [0.29, 0.717) is 4.57 Å². The van der Waals surface area contributed by atoms with Gasteiger partial charge in [0, 0.05) is 16.2 Å². The van der Waals surface area contributed by atoms with Gasteiger partial charge < -0.3 is 5.73 Å². The Bertz CT molecular complexity index is 1110. The molecule has 114 valence electrons. The normalized spacial score (nSPS) is 26.4. The molecule has 1 saturated heterocycles. The first-order chi connectivity index (χ1) is 12.8. The van der Waals surface area contributed by atoms with Gasteiger partial charge >= 0.3 is 0 Å². The Morgan fingerprint density at radius 2 is 2.23 bits per heavy atom. The highest BCUT2D eigenvalue weighted by molar-refractivity contribution is 6.01. The van der Waals surface area contributed by atoms with Crippen LogP contribution < -0.4 is 16.6 Å². The SMILES string of the molecule is [2H]c1c([2H])c(N)c2c(=O)n(C3(C)CCC(=O)NC3=O)c(C([2H])([2H])[2H])nc2c1[2H]. The summed E-state index contributed by atoms with van der Waals surface area (Å²) in [6.45, 7) is -1.64. The van der Waals surface area contributed by atoms with Crippen molar-refractivity contribution < 1.29 is 17.8 Å². The molecule has 7 heteroatoms. The van der Waals surface area contributed by atoms with E-state index >= 15 is 0 Å². The Balaban J connectivity index is 2.53. The zero-order valence-corrected chi connectivity index (χ0v) is 11.6. The van der Waals surface area contributed by atoms with Gasteiger partial charge in [-0.2, -0.15) is 0 Å². The van der Waals surface area contributed by atoms with Crippen molar-refractivity contribution in [3.63, 3.8) is 0 Å². The molecule has 7 nitrogen and oxygen atoms in total. The predicted octanol–water partition coefficient (Wildman–Crippen LogP) is 0.439. The van der Waals surface area contributed by atoms with E-state index in [4.69, 9.17) is 14.0 Å². The van der Waals surface area contributed by atoms with Gasteiger partial charge in [-0.15, -0.1) is 0 Å². The first kappa shape index (κ1) is 8.67. The molecule has 1 aliphatic rings. The molecule has 3 rings (SSSR count). The standard InChI is InChI=1S/C15H16N4O3/c1-8-17-10-5-3-4-9(16)12(10)13(21)19(8)15(2)7-6-11(20)18-14(15)22/h3-5H,6-7,16H2,1-2H3,(H,18,20,22)/i1D3,3D,4D,5D. The molecule has 2 aromatic rings. The van der Waals surface area contributed by atoms with Crippen molar-refractivity contribution in [1.29, 1.82) is 0 Å². The van der Waals surface area contributed by atoms with Crippen LogP contribution in [-0.2, 0) is 15.1 Å². The van der Waals surface area contributed by atoms with Gasteiger partial charge in [0.2, 0.25) is 5.91 Å². The number of anilines is 1. The molecule has 0 bridgehead atoms. The van der Waals surface area contributed by atoms with Crippen molar-refractivity contribution in [1.82, 2.24) is 14.9 Å². The smallest absolute Gasteiger partial charge is 0.264 e. The van der Waals surface area contributed by atoms with Crippen LogP contribution in [0.3, 0.4) is 0 Å². The minimum absolute atomic E-state index is 0.123. The highest BCUT2D eigenvalue weighted by atomic mass is 16.2. The summed E-state index contributed by atoms with van der Waals surface area (Å²) in [6.07, 6.45) is -0.270. The summed E-state index contributed by atoms with van der Waals surface area (Å²) >= 11 is 0. The van der Waals surface area contributed by atoms with Crippen LogP contribution >= 0.6 is 0 Å². The van der Waals surface area contributed by atoms with E-state index in [1.807, 2.05) is 0 Å². The fourth-order valence-electron chi connectivity index (χ4n) is 2.54. The summed E-state index contributed by atoms with van der Waals surface area (Å²) in [5, 5.41) is 1.67. The number of aromatic nitrogens is 2. The van der Waals surface area contributed by atoms with E-state index in [1.54, 1.807) is 0 Å². The summed E-state index contributed by atoms with van der Waals surface area (Å²) < 4.78 is 47.5. The number of imide groups is 1. The third kappa shape index (κ3) is 1.89. The van der Waals surface area contributed by atoms with Crippen LogP contribution in [0.2, 0.25) is 0 Å². The maximum absolute atomic E-state index is 13.3. The average Bonchev–Trinajstić information content (AvgIpc) is 2.60. The van der Waals surface area contributed by atoms with Crippen LogP contribution in [0.4, 0.5) is 5.69 Å². The third-order valence-corrected chi connectivity index (χ3v) is 3.81. The second-order valence-electron chi connectivity index (χ2n) is 5.24. The highest BCUT2D eigenvalue weighted by Crippen LogP contribution is 2.27. The van der Waals surface area contributed by atoms with Gasteiger partial charge in [-0.05, 0) is 32.3 Å². The molecule has 1 unspecified atom stereocenters. The van der Waals surface area contributed by atoms with Gasteiger partial charge in [0.05, 0.1) is 15.0 Å². The number of amides is 2. The minimum atomic E-state index is -2.94. The van der Waals surface area contributed by atoms with Crippen LogP contribution in [-0.4, -0.2) is 21.4 Å². The third-order valence-electron chi connectivity index (χ3n) is 3.81. The van der Waals surface area contributed by atoms with E-state index < -0.39 is 70.3 Å². The number of rotatable bonds is 1. The minimum Gasteiger partial charge on any atom is -0.398 e. The van der Waals surface area contributed by atoms with Gasteiger partial charge in [0.25, 0.3) is 11.5 Å². The quantitative estimate of drug-likeness (QED) is 0.587. The summed E-state index contributed by atoms with van der Waals surface area (Å²) in [5.74, 6) is -2.19. The van der Waals surface area contributed by atoms with Crippen LogP contribution in [0.25, 0.3) is 10.9 Å². The second-order valence-corrected chi connectivity index (χ2v) is 5.24. The number of carbonyl (C=O) groups excluding carboxylic acids is 2. The Kier molecular flexibility index (Phi) is 1.84. The van der Waals surface area contributed by atoms with E-state index in [1.165, 1.54) is 6.92 Å². The molecule has 1 aromatic carbocycles. The molecule has 3 N–H and O–H groups in total. The number of nitrogens with two attached hydrogens (primary N) is 1. The van der Waals surface area contributed by atoms with E-state index in [0.717, 1.165) is 0 Å². The topological polar surface area (TPSA) is 107 Å². The fourth-order valence-corrected chi connectivity index (χ4v) is 2.54. The Hall–Kier alpha value is -2.70. The molecular weight excluding hydrogens is 284 g/mol. The van der Waals surface area contributed by atoms with E-state index in [2.05, 4.69) is 10.3 Å². The molecule has 0 aliphatic carbocycles. The zero-order chi connectivity index (χ0) is 21.2. The number of nitrogen functional groups attached to an aromatic ring is 1. The number of carbonyl (C=O) groups is 2. The van der Waals surface area contributed by atoms with E-state index in [-0.39, 0.29) is 12.8 Å². The Labute approximate surface area is 134 Å². The van der Waals surface area contributed by atoms with Crippen molar-refractivity contribution in [2.45, 2.75) is 32.2 Å². The van der Waals surface area contributed by atoms with Crippen LogP contribution in [0.15, 0.2) is 22.9 Å².